The number of carboxylic acid groups (broad SMARTS) is 1. The molecule has 8 nitrogen and oxygen atoms in total. The Morgan fingerprint density at radius 2 is 1.91 bits per heavy atom. The largest absolute Gasteiger partial charge is 0.493 e. The fraction of sp³-hybridized carbons (Fsp3) is 0.0833. The summed E-state index contributed by atoms with van der Waals surface area (Å²) in [5, 5.41) is 29.8. The molecule has 0 unspecified atom stereocenters. The van der Waals surface area contributed by atoms with E-state index in [-0.39, 0.29) is 34.2 Å². The zero-order valence-corrected chi connectivity index (χ0v) is 18.1. The molecule has 0 aromatic heterocycles. The molecule has 0 atom stereocenters. The van der Waals surface area contributed by atoms with Gasteiger partial charge >= 0.3 is 5.97 Å². The highest BCUT2D eigenvalue weighted by Gasteiger charge is 2.14. The van der Waals surface area contributed by atoms with Crippen LogP contribution in [0.3, 0.4) is 0 Å². The van der Waals surface area contributed by atoms with E-state index < -0.39 is 10.9 Å². The average molecular weight is 465 g/mol. The minimum absolute atomic E-state index is 0.121. The van der Waals surface area contributed by atoms with Gasteiger partial charge in [0.1, 0.15) is 6.61 Å². The quantitative estimate of drug-likeness (QED) is 0.199. The summed E-state index contributed by atoms with van der Waals surface area (Å²) in [6.45, 7) is 0.127. The number of hydrogen-bond donors (Lipinski definition) is 1. The van der Waals surface area contributed by atoms with Gasteiger partial charge in [0.2, 0.25) is 0 Å². The van der Waals surface area contributed by atoms with Gasteiger partial charge in [0.05, 0.1) is 34.3 Å². The Balaban J connectivity index is 1.87. The monoisotopic (exact) mass is 464 g/mol. The van der Waals surface area contributed by atoms with E-state index in [1.165, 1.54) is 37.4 Å². The zero-order chi connectivity index (χ0) is 24.0. The summed E-state index contributed by atoms with van der Waals surface area (Å²) in [6.07, 6.45) is 1.54. The number of halogens is 1. The summed E-state index contributed by atoms with van der Waals surface area (Å²) in [5.74, 6) is -0.405. The van der Waals surface area contributed by atoms with Crippen LogP contribution < -0.4 is 9.47 Å². The number of nitriles is 1. The Morgan fingerprint density at radius 1 is 1.18 bits per heavy atom. The zero-order valence-electron chi connectivity index (χ0n) is 17.3. The van der Waals surface area contributed by atoms with Gasteiger partial charge in [-0.2, -0.15) is 5.26 Å². The summed E-state index contributed by atoms with van der Waals surface area (Å²) in [5.41, 5.74) is 1.93. The van der Waals surface area contributed by atoms with Crippen molar-refractivity contribution in [2.75, 3.05) is 7.11 Å². The predicted molar refractivity (Wildman–Crippen MR) is 122 cm³/mol. The van der Waals surface area contributed by atoms with E-state index in [0.717, 1.165) is 5.56 Å². The van der Waals surface area contributed by atoms with Crippen LogP contribution in [0.5, 0.6) is 11.5 Å². The number of ether oxygens (including phenoxy) is 2. The molecule has 0 fully saturated rings. The summed E-state index contributed by atoms with van der Waals surface area (Å²) in [4.78, 5) is 21.5. The first-order valence-corrected chi connectivity index (χ1v) is 9.89. The molecule has 0 aliphatic carbocycles. The van der Waals surface area contributed by atoms with Gasteiger partial charge in [-0.1, -0.05) is 35.9 Å². The molecule has 0 heterocycles. The fourth-order valence-corrected chi connectivity index (χ4v) is 3.27. The Labute approximate surface area is 194 Å². The highest BCUT2D eigenvalue weighted by molar-refractivity contribution is 6.32. The maximum absolute atomic E-state index is 11.0. The van der Waals surface area contributed by atoms with Gasteiger partial charge in [0.25, 0.3) is 5.69 Å². The third-order valence-electron chi connectivity index (χ3n) is 4.64. The van der Waals surface area contributed by atoms with Crippen LogP contribution >= 0.6 is 11.6 Å². The number of rotatable bonds is 8. The predicted octanol–water partition coefficient (Wildman–Crippen LogP) is 5.60. The Bertz CT molecular complexity index is 1280. The van der Waals surface area contributed by atoms with Crippen molar-refractivity contribution >= 4 is 34.9 Å². The van der Waals surface area contributed by atoms with E-state index >= 15 is 0 Å². The van der Waals surface area contributed by atoms with Crippen LogP contribution in [0.1, 0.15) is 27.0 Å². The standard InChI is InChI=1S/C24H17ClN2O6/c1-32-22-11-16(9-19(13-26)18-3-2-4-20(12-18)27(30)31)10-21(25)23(22)33-14-15-5-7-17(8-6-15)24(28)29/h2-12H,14H2,1H3,(H,28,29). The number of hydrogen-bond acceptors (Lipinski definition) is 6. The van der Waals surface area contributed by atoms with E-state index in [0.29, 0.717) is 16.9 Å². The molecule has 0 radical (unpaired) electrons. The summed E-state index contributed by atoms with van der Waals surface area (Å²) in [6, 6.07) is 17.3. The van der Waals surface area contributed by atoms with Crippen LogP contribution in [-0.4, -0.2) is 23.1 Å². The molecule has 0 aliphatic rings. The molecule has 1 N–H and O–H groups in total. The number of carbonyl (C=O) groups is 1. The highest BCUT2D eigenvalue weighted by Crippen LogP contribution is 2.38. The van der Waals surface area contributed by atoms with Crippen LogP contribution in [-0.2, 0) is 6.61 Å². The Hall–Kier alpha value is -4.35. The minimum Gasteiger partial charge on any atom is -0.493 e. The van der Waals surface area contributed by atoms with E-state index in [1.807, 2.05) is 6.07 Å². The molecule has 0 bridgehead atoms. The van der Waals surface area contributed by atoms with E-state index in [9.17, 15) is 20.2 Å². The SMILES string of the molecule is COc1cc(C=C(C#N)c2cccc([N+](=O)[O-])c2)cc(Cl)c1OCc1ccc(C(=O)O)cc1. The van der Waals surface area contributed by atoms with Crippen molar-refractivity contribution in [2.24, 2.45) is 0 Å². The van der Waals surface area contributed by atoms with Crippen LogP contribution in [0.15, 0.2) is 60.7 Å². The van der Waals surface area contributed by atoms with Crippen LogP contribution in [0, 0.1) is 21.4 Å². The first kappa shape index (κ1) is 23.3. The molecular formula is C24H17ClN2O6. The summed E-state index contributed by atoms with van der Waals surface area (Å²) >= 11 is 6.40. The fourth-order valence-electron chi connectivity index (χ4n) is 3.00. The van der Waals surface area contributed by atoms with E-state index in [4.69, 9.17) is 26.2 Å². The number of non-ortho nitro benzene ring substituents is 1. The van der Waals surface area contributed by atoms with Gasteiger partial charge in [0.15, 0.2) is 11.5 Å². The molecule has 3 aromatic rings. The molecule has 166 valence electrons. The minimum atomic E-state index is -1.02. The van der Waals surface area contributed by atoms with Gasteiger partial charge in [-0.05, 0) is 47.0 Å². The molecule has 0 saturated carbocycles. The lowest BCUT2D eigenvalue weighted by atomic mass is 10.0. The summed E-state index contributed by atoms with van der Waals surface area (Å²) < 4.78 is 11.2. The second-order valence-electron chi connectivity index (χ2n) is 6.80. The van der Waals surface area contributed by atoms with Crippen LogP contribution in [0.4, 0.5) is 5.69 Å². The van der Waals surface area contributed by atoms with Gasteiger partial charge in [0, 0.05) is 12.1 Å². The van der Waals surface area contributed by atoms with Crippen molar-refractivity contribution in [1.82, 2.24) is 0 Å². The number of nitro groups is 1. The molecule has 0 amide bonds. The number of carboxylic acids is 1. The summed E-state index contributed by atoms with van der Waals surface area (Å²) in [7, 11) is 1.44. The van der Waals surface area contributed by atoms with E-state index in [2.05, 4.69) is 0 Å². The van der Waals surface area contributed by atoms with Crippen molar-refractivity contribution in [2.45, 2.75) is 6.61 Å². The second-order valence-corrected chi connectivity index (χ2v) is 7.21. The maximum Gasteiger partial charge on any atom is 0.335 e. The number of nitrogens with zero attached hydrogens (tertiary/aromatic N) is 2. The smallest absolute Gasteiger partial charge is 0.335 e. The van der Waals surface area contributed by atoms with E-state index in [1.54, 1.807) is 36.4 Å². The van der Waals surface area contributed by atoms with Gasteiger partial charge in [-0.15, -0.1) is 0 Å². The average Bonchev–Trinajstić information content (AvgIpc) is 2.81. The first-order chi connectivity index (χ1) is 15.8. The number of methoxy groups -OCH3 is 1. The van der Waals surface area contributed by atoms with Crippen molar-refractivity contribution in [1.29, 1.82) is 5.26 Å². The third kappa shape index (κ3) is 5.67. The molecule has 9 heteroatoms. The molecule has 33 heavy (non-hydrogen) atoms. The van der Waals surface area contributed by atoms with Gasteiger partial charge in [-0.25, -0.2) is 4.79 Å². The van der Waals surface area contributed by atoms with Crippen molar-refractivity contribution < 1.29 is 24.3 Å². The van der Waals surface area contributed by atoms with Crippen molar-refractivity contribution in [3.05, 3.63) is 98.1 Å². The number of allylic oxidation sites excluding steroid dienone is 1. The lowest BCUT2D eigenvalue weighted by molar-refractivity contribution is -0.384. The molecular weight excluding hydrogens is 448 g/mol. The Morgan fingerprint density at radius 3 is 2.52 bits per heavy atom. The second kappa shape index (κ2) is 10.3. The van der Waals surface area contributed by atoms with Gasteiger partial charge in [-0.3, -0.25) is 10.1 Å². The normalized spacial score (nSPS) is 10.9. The highest BCUT2D eigenvalue weighted by atomic mass is 35.5. The van der Waals surface area contributed by atoms with Gasteiger partial charge < -0.3 is 14.6 Å². The molecule has 3 aromatic carbocycles. The Kier molecular flexibility index (Phi) is 7.28. The van der Waals surface area contributed by atoms with Crippen LogP contribution in [0.25, 0.3) is 11.6 Å². The number of benzene rings is 3. The first-order valence-electron chi connectivity index (χ1n) is 9.51. The molecule has 0 spiro atoms. The van der Waals surface area contributed by atoms with Crippen molar-refractivity contribution in [3.8, 4) is 17.6 Å². The lowest BCUT2D eigenvalue weighted by Gasteiger charge is -2.14. The van der Waals surface area contributed by atoms with Crippen molar-refractivity contribution in [3.63, 3.8) is 0 Å². The molecule has 0 saturated heterocycles. The third-order valence-corrected chi connectivity index (χ3v) is 4.92. The number of nitro benzene ring substituents is 1. The topological polar surface area (TPSA) is 123 Å². The van der Waals surface area contributed by atoms with Crippen LogP contribution in [0.2, 0.25) is 5.02 Å². The number of aromatic carboxylic acids is 1. The molecule has 3 rings (SSSR count). The molecule has 0 aliphatic heterocycles. The lowest BCUT2D eigenvalue weighted by Crippen LogP contribution is -2.00. The maximum atomic E-state index is 11.0.